The number of likely N-dealkylation sites (N-methyl/N-ethyl adjacent to an activating group) is 1. The zero-order valence-corrected chi connectivity index (χ0v) is 27.6. The zero-order valence-electron chi connectivity index (χ0n) is 27.6. The predicted molar refractivity (Wildman–Crippen MR) is 183 cm³/mol. The molecule has 2 aliphatic rings. The number of aliphatic carboxylic acids is 1. The summed E-state index contributed by atoms with van der Waals surface area (Å²) in [7, 11) is 1.82. The second-order valence-electron chi connectivity index (χ2n) is 12.7. The Morgan fingerprint density at radius 2 is 1.83 bits per heavy atom. The fraction of sp³-hybridized carbons (Fsp3) is 0.342. The van der Waals surface area contributed by atoms with Crippen molar-refractivity contribution in [3.8, 4) is 22.6 Å². The van der Waals surface area contributed by atoms with Crippen LogP contribution in [-0.2, 0) is 17.9 Å². The maximum atomic E-state index is 13.2. The number of amides is 1. The van der Waals surface area contributed by atoms with Crippen LogP contribution in [0, 0.1) is 13.8 Å². The molecule has 4 aromatic rings. The van der Waals surface area contributed by atoms with Crippen molar-refractivity contribution in [1.82, 2.24) is 14.8 Å². The van der Waals surface area contributed by atoms with E-state index >= 15 is 0 Å². The van der Waals surface area contributed by atoms with Gasteiger partial charge in [-0.3, -0.25) is 24.4 Å². The minimum Gasteiger partial charge on any atom is -0.493 e. The van der Waals surface area contributed by atoms with Gasteiger partial charge in [0.2, 0.25) is 0 Å². The van der Waals surface area contributed by atoms with Crippen LogP contribution in [-0.4, -0.2) is 76.3 Å². The van der Waals surface area contributed by atoms with E-state index in [0.29, 0.717) is 37.7 Å². The first-order valence-electron chi connectivity index (χ1n) is 16.3. The Labute approximate surface area is 280 Å². The lowest BCUT2D eigenvalue weighted by molar-refractivity contribution is -0.138. The normalized spacial score (nSPS) is 17.5. The van der Waals surface area contributed by atoms with E-state index in [-0.39, 0.29) is 24.6 Å². The van der Waals surface area contributed by atoms with Gasteiger partial charge < -0.3 is 25.0 Å². The number of nitrogens with zero attached hydrogens (tertiary/aromatic N) is 3. The Kier molecular flexibility index (Phi) is 10.0. The van der Waals surface area contributed by atoms with Crippen LogP contribution in [0.1, 0.15) is 57.2 Å². The number of aromatic nitrogens is 1. The van der Waals surface area contributed by atoms with E-state index in [4.69, 9.17) is 9.47 Å². The summed E-state index contributed by atoms with van der Waals surface area (Å²) >= 11 is 0. The van der Waals surface area contributed by atoms with Gasteiger partial charge in [-0.2, -0.15) is 0 Å². The lowest BCUT2D eigenvalue weighted by Crippen LogP contribution is -2.33. The van der Waals surface area contributed by atoms with Crippen molar-refractivity contribution in [2.24, 2.45) is 0 Å². The molecule has 0 bridgehead atoms. The number of carboxylic acid groups (broad SMARTS) is 1. The highest BCUT2D eigenvalue weighted by molar-refractivity contribution is 6.03. The van der Waals surface area contributed by atoms with Crippen LogP contribution in [0.4, 0.5) is 5.69 Å². The van der Waals surface area contributed by atoms with E-state index < -0.39 is 5.97 Å². The third kappa shape index (κ3) is 7.52. The molecular formula is C38H42N4O6. The number of nitrogens with one attached hydrogen (secondary N) is 1. The molecule has 2 unspecified atom stereocenters. The summed E-state index contributed by atoms with van der Waals surface area (Å²) in [6, 6.07) is 21.4. The SMILES string of the molecule is Cc1c(COc2ccc3c(c2)OCCC3N(C)CC(=O)O)cccc1-c1cccc(NC(=O)c2ccc(CN3CCC(O)C3)cn2)c1C. The van der Waals surface area contributed by atoms with Crippen molar-refractivity contribution >= 4 is 17.6 Å². The van der Waals surface area contributed by atoms with Crippen LogP contribution >= 0.6 is 0 Å². The zero-order chi connectivity index (χ0) is 33.8. The van der Waals surface area contributed by atoms with Gasteiger partial charge in [0.15, 0.2) is 0 Å². The van der Waals surface area contributed by atoms with E-state index in [2.05, 4.69) is 34.3 Å². The first-order chi connectivity index (χ1) is 23.2. The van der Waals surface area contributed by atoms with Crippen molar-refractivity contribution in [3.05, 3.63) is 106 Å². The molecule has 48 heavy (non-hydrogen) atoms. The van der Waals surface area contributed by atoms with Gasteiger partial charge in [-0.1, -0.05) is 42.5 Å². The van der Waals surface area contributed by atoms with Gasteiger partial charge in [0, 0.05) is 55.6 Å². The minimum atomic E-state index is -0.857. The fourth-order valence-corrected chi connectivity index (χ4v) is 6.63. The number of pyridine rings is 1. The Morgan fingerprint density at radius 3 is 2.56 bits per heavy atom. The standard InChI is InChI=1S/C38H42N4O6/c1-24-27(23-48-29-11-12-32-35(41(3)22-37(44)45)15-17-47-36(32)18-29)6-4-7-30(24)31-8-5-9-33(25(31)2)40-38(46)34-13-10-26(19-39-34)20-42-16-14-28(43)21-42/h4-13,18-19,28,35,43H,14-17,20-23H2,1-3H3,(H,40,46)(H,44,45). The van der Waals surface area contributed by atoms with Gasteiger partial charge in [-0.15, -0.1) is 0 Å². The summed E-state index contributed by atoms with van der Waals surface area (Å²) in [6.45, 7) is 7.13. The highest BCUT2D eigenvalue weighted by atomic mass is 16.5. The molecule has 250 valence electrons. The number of β-amino-alcohol motifs (C(OH)–C–C–N with tert-alkyl or cyclic N) is 1. The molecule has 1 aromatic heterocycles. The molecule has 1 fully saturated rings. The van der Waals surface area contributed by atoms with Gasteiger partial charge >= 0.3 is 5.97 Å². The lowest BCUT2D eigenvalue weighted by Gasteiger charge is -2.32. The molecule has 1 saturated heterocycles. The summed E-state index contributed by atoms with van der Waals surface area (Å²) in [5.74, 6) is 0.267. The molecule has 2 aliphatic heterocycles. The van der Waals surface area contributed by atoms with E-state index in [1.165, 1.54) is 0 Å². The van der Waals surface area contributed by atoms with Crippen LogP contribution in [0.25, 0.3) is 11.1 Å². The smallest absolute Gasteiger partial charge is 0.317 e. The van der Waals surface area contributed by atoms with Crippen LogP contribution in [0.2, 0.25) is 0 Å². The van der Waals surface area contributed by atoms with Gasteiger partial charge in [0.25, 0.3) is 5.91 Å². The van der Waals surface area contributed by atoms with E-state index in [9.17, 15) is 19.8 Å². The van der Waals surface area contributed by atoms with Crippen LogP contribution in [0.3, 0.4) is 0 Å². The molecule has 6 rings (SSSR count). The molecule has 1 amide bonds. The Morgan fingerprint density at radius 1 is 1.04 bits per heavy atom. The summed E-state index contributed by atoms with van der Waals surface area (Å²) in [5.41, 5.74) is 8.16. The highest BCUT2D eigenvalue weighted by Gasteiger charge is 2.27. The van der Waals surface area contributed by atoms with Gasteiger partial charge in [0.1, 0.15) is 23.8 Å². The predicted octanol–water partition coefficient (Wildman–Crippen LogP) is 5.60. The van der Waals surface area contributed by atoms with Crippen LogP contribution < -0.4 is 14.8 Å². The number of carbonyl (C=O) groups is 2. The number of rotatable bonds is 11. The molecular weight excluding hydrogens is 608 g/mol. The highest BCUT2D eigenvalue weighted by Crippen LogP contribution is 2.38. The minimum absolute atomic E-state index is 0.0281. The number of fused-ring (bicyclic) bond motifs is 1. The van der Waals surface area contributed by atoms with E-state index in [1.807, 2.05) is 67.4 Å². The number of benzene rings is 3. The Bertz CT molecular complexity index is 1790. The van der Waals surface area contributed by atoms with E-state index in [1.54, 1.807) is 12.3 Å². The molecule has 2 atom stereocenters. The molecule has 10 nitrogen and oxygen atoms in total. The van der Waals surface area contributed by atoms with Gasteiger partial charge in [-0.05, 0) is 78.9 Å². The largest absolute Gasteiger partial charge is 0.493 e. The third-order valence-electron chi connectivity index (χ3n) is 9.33. The van der Waals surface area contributed by atoms with Crippen molar-refractivity contribution < 1.29 is 29.3 Å². The molecule has 0 radical (unpaired) electrons. The summed E-state index contributed by atoms with van der Waals surface area (Å²) in [6.07, 6.45) is 2.97. The quantitative estimate of drug-likeness (QED) is 0.190. The summed E-state index contributed by atoms with van der Waals surface area (Å²) in [5, 5.41) is 22.1. The fourth-order valence-electron chi connectivity index (χ4n) is 6.63. The van der Waals surface area contributed by atoms with Crippen LogP contribution in [0.15, 0.2) is 72.9 Å². The molecule has 3 aromatic carbocycles. The van der Waals surface area contributed by atoms with Crippen molar-refractivity contribution in [1.29, 1.82) is 0 Å². The van der Waals surface area contributed by atoms with Gasteiger partial charge in [-0.25, -0.2) is 0 Å². The van der Waals surface area contributed by atoms with E-state index in [0.717, 1.165) is 69.8 Å². The number of anilines is 1. The number of hydrogen-bond donors (Lipinski definition) is 3. The summed E-state index contributed by atoms with van der Waals surface area (Å²) < 4.78 is 12.1. The Hall–Kier alpha value is -4.77. The average Bonchev–Trinajstić information content (AvgIpc) is 3.49. The van der Waals surface area contributed by atoms with Crippen molar-refractivity contribution in [2.75, 3.05) is 38.6 Å². The molecule has 0 aliphatic carbocycles. The number of ether oxygens (including phenoxy) is 2. The number of carbonyl (C=O) groups excluding carboxylic acids is 1. The molecule has 3 heterocycles. The molecule has 0 saturated carbocycles. The molecule has 10 heteroatoms. The molecule has 3 N–H and O–H groups in total. The monoisotopic (exact) mass is 650 g/mol. The summed E-state index contributed by atoms with van der Waals surface area (Å²) in [4.78, 5) is 32.9. The lowest BCUT2D eigenvalue weighted by atomic mass is 9.93. The van der Waals surface area contributed by atoms with Crippen molar-refractivity contribution in [2.45, 2.75) is 52.0 Å². The van der Waals surface area contributed by atoms with Gasteiger partial charge in [0.05, 0.1) is 19.3 Å². The topological polar surface area (TPSA) is 124 Å². The van der Waals surface area contributed by atoms with Crippen molar-refractivity contribution in [3.63, 3.8) is 0 Å². The number of hydrogen-bond acceptors (Lipinski definition) is 8. The number of aliphatic hydroxyl groups excluding tert-OH is 1. The maximum absolute atomic E-state index is 13.2. The van der Waals surface area contributed by atoms with Crippen LogP contribution in [0.5, 0.6) is 11.5 Å². The number of carboxylic acids is 1. The second-order valence-corrected chi connectivity index (χ2v) is 12.7. The first kappa shape index (κ1) is 33.1. The third-order valence-corrected chi connectivity index (χ3v) is 9.33. The average molecular weight is 651 g/mol. The first-order valence-corrected chi connectivity index (χ1v) is 16.3. The second kappa shape index (κ2) is 14.6. The number of likely N-dealkylation sites (tertiary alicyclic amines) is 1. The maximum Gasteiger partial charge on any atom is 0.317 e. The Balaban J connectivity index is 1.12. The molecule has 0 spiro atoms. The number of aliphatic hydroxyl groups is 1.